The fraction of sp³-hybridized carbons (Fsp3) is 0.833. The predicted molar refractivity (Wildman–Crippen MR) is 90.7 cm³/mol. The van der Waals surface area contributed by atoms with Crippen LogP contribution in [0.2, 0.25) is 0 Å². The van der Waals surface area contributed by atoms with Gasteiger partial charge in [0.1, 0.15) is 0 Å². The first-order valence-electron chi connectivity index (χ1n) is 9.36. The second-order valence-corrected chi connectivity index (χ2v) is 7.05. The maximum Gasteiger partial charge on any atom is 0.0765 e. The van der Waals surface area contributed by atoms with Gasteiger partial charge >= 0.3 is 0 Å². The Kier molecular flexibility index (Phi) is 5.90. The quantitative estimate of drug-likeness (QED) is 0.847. The van der Waals surface area contributed by atoms with E-state index in [9.17, 15) is 0 Å². The van der Waals surface area contributed by atoms with Crippen LogP contribution >= 0.6 is 0 Å². The molecule has 4 heteroatoms. The average Bonchev–Trinajstić information content (AvgIpc) is 2.71. The molecule has 1 aliphatic heterocycles. The largest absolute Gasteiger partial charge is 0.308 e. The SMILES string of the molecule is CCCN1CCCn2nc(CNC3CCCCCC3)cc2C1. The van der Waals surface area contributed by atoms with E-state index in [1.165, 1.54) is 75.8 Å². The molecule has 0 aromatic carbocycles. The second-order valence-electron chi connectivity index (χ2n) is 7.05. The summed E-state index contributed by atoms with van der Waals surface area (Å²) < 4.78 is 2.25. The number of hydrogen-bond acceptors (Lipinski definition) is 3. The van der Waals surface area contributed by atoms with Crippen LogP contribution in [0.4, 0.5) is 0 Å². The zero-order chi connectivity index (χ0) is 15.2. The van der Waals surface area contributed by atoms with Crippen molar-refractivity contribution in [2.24, 2.45) is 0 Å². The van der Waals surface area contributed by atoms with E-state index < -0.39 is 0 Å². The number of aryl methyl sites for hydroxylation is 1. The zero-order valence-electron chi connectivity index (χ0n) is 14.2. The van der Waals surface area contributed by atoms with Crippen molar-refractivity contribution in [2.75, 3.05) is 13.1 Å². The summed E-state index contributed by atoms with van der Waals surface area (Å²) in [5, 5.41) is 8.59. The lowest BCUT2D eigenvalue weighted by Gasteiger charge is -2.18. The van der Waals surface area contributed by atoms with Crippen LogP contribution in [0, 0.1) is 0 Å². The molecule has 0 unspecified atom stereocenters. The molecule has 22 heavy (non-hydrogen) atoms. The van der Waals surface area contributed by atoms with Gasteiger partial charge in [-0.05, 0) is 38.3 Å². The maximum absolute atomic E-state index is 4.84. The Bertz CT molecular complexity index is 446. The molecule has 1 aromatic heterocycles. The number of hydrogen-bond donors (Lipinski definition) is 1. The fourth-order valence-corrected chi connectivity index (χ4v) is 3.91. The van der Waals surface area contributed by atoms with Crippen LogP contribution in [0.1, 0.15) is 69.7 Å². The summed E-state index contributed by atoms with van der Waals surface area (Å²) in [6.45, 7) is 7.79. The van der Waals surface area contributed by atoms with Crippen LogP contribution < -0.4 is 5.32 Å². The lowest BCUT2D eigenvalue weighted by molar-refractivity contribution is 0.270. The van der Waals surface area contributed by atoms with Gasteiger partial charge in [0.05, 0.1) is 11.4 Å². The molecular formula is C18H32N4. The molecule has 0 bridgehead atoms. The Labute approximate surface area is 135 Å². The van der Waals surface area contributed by atoms with E-state index in [1.54, 1.807) is 0 Å². The van der Waals surface area contributed by atoms with Crippen molar-refractivity contribution in [2.45, 2.75) is 84.0 Å². The number of aromatic nitrogens is 2. The normalized spacial score (nSPS) is 21.3. The van der Waals surface area contributed by atoms with Gasteiger partial charge in [0, 0.05) is 32.2 Å². The van der Waals surface area contributed by atoms with Crippen molar-refractivity contribution >= 4 is 0 Å². The van der Waals surface area contributed by atoms with Crippen molar-refractivity contribution in [3.63, 3.8) is 0 Å². The van der Waals surface area contributed by atoms with Crippen molar-refractivity contribution < 1.29 is 0 Å². The molecule has 1 fully saturated rings. The van der Waals surface area contributed by atoms with Crippen LogP contribution in [0.25, 0.3) is 0 Å². The molecule has 2 heterocycles. The summed E-state index contributed by atoms with van der Waals surface area (Å²) in [7, 11) is 0. The molecule has 2 aliphatic rings. The summed E-state index contributed by atoms with van der Waals surface area (Å²) in [5.74, 6) is 0. The van der Waals surface area contributed by atoms with Crippen molar-refractivity contribution in [1.82, 2.24) is 20.0 Å². The zero-order valence-corrected chi connectivity index (χ0v) is 14.2. The summed E-state index contributed by atoms with van der Waals surface area (Å²) in [4.78, 5) is 2.57. The highest BCUT2D eigenvalue weighted by atomic mass is 15.3. The lowest BCUT2D eigenvalue weighted by Crippen LogP contribution is -2.28. The molecule has 1 aromatic rings. The Hall–Kier alpha value is -0.870. The smallest absolute Gasteiger partial charge is 0.0765 e. The van der Waals surface area contributed by atoms with Crippen LogP contribution in [-0.4, -0.2) is 33.8 Å². The predicted octanol–water partition coefficient (Wildman–Crippen LogP) is 3.31. The molecular weight excluding hydrogens is 272 g/mol. The Balaban J connectivity index is 1.55. The molecule has 0 saturated heterocycles. The number of rotatable bonds is 5. The Morgan fingerprint density at radius 3 is 2.73 bits per heavy atom. The highest BCUT2D eigenvalue weighted by molar-refractivity contribution is 5.11. The van der Waals surface area contributed by atoms with Gasteiger partial charge in [-0.2, -0.15) is 5.10 Å². The maximum atomic E-state index is 4.84. The van der Waals surface area contributed by atoms with E-state index in [0.717, 1.165) is 19.6 Å². The first-order chi connectivity index (χ1) is 10.8. The van der Waals surface area contributed by atoms with Crippen molar-refractivity contribution in [3.05, 3.63) is 17.5 Å². The summed E-state index contributed by atoms with van der Waals surface area (Å²) in [6, 6.07) is 3.04. The molecule has 1 N–H and O–H groups in total. The standard InChI is InChI=1S/C18H32N4/c1-2-10-21-11-7-12-22-18(15-21)13-17(20-22)14-19-16-8-5-3-4-6-9-16/h13,16,19H,2-12,14-15H2,1H3. The lowest BCUT2D eigenvalue weighted by atomic mass is 10.1. The van der Waals surface area contributed by atoms with Gasteiger partial charge in [-0.3, -0.25) is 9.58 Å². The molecule has 0 amide bonds. The topological polar surface area (TPSA) is 33.1 Å². The van der Waals surface area contributed by atoms with Crippen molar-refractivity contribution in [3.8, 4) is 0 Å². The van der Waals surface area contributed by atoms with E-state index in [4.69, 9.17) is 5.10 Å². The number of nitrogens with one attached hydrogen (secondary N) is 1. The van der Waals surface area contributed by atoms with E-state index in [1.807, 2.05) is 0 Å². The minimum absolute atomic E-state index is 0.709. The minimum atomic E-state index is 0.709. The van der Waals surface area contributed by atoms with Gasteiger partial charge in [0.15, 0.2) is 0 Å². The molecule has 1 saturated carbocycles. The molecule has 124 valence electrons. The highest BCUT2D eigenvalue weighted by Crippen LogP contribution is 2.18. The molecule has 0 spiro atoms. The van der Waals surface area contributed by atoms with E-state index in [2.05, 4.69) is 27.9 Å². The van der Waals surface area contributed by atoms with Gasteiger partial charge in [0.2, 0.25) is 0 Å². The molecule has 1 aliphatic carbocycles. The highest BCUT2D eigenvalue weighted by Gasteiger charge is 2.17. The van der Waals surface area contributed by atoms with Crippen molar-refractivity contribution in [1.29, 1.82) is 0 Å². The summed E-state index contributed by atoms with van der Waals surface area (Å²) in [6.07, 6.45) is 10.8. The first-order valence-corrected chi connectivity index (χ1v) is 9.36. The van der Waals surface area contributed by atoms with E-state index in [0.29, 0.717) is 6.04 Å². The van der Waals surface area contributed by atoms with Gasteiger partial charge < -0.3 is 5.32 Å². The van der Waals surface area contributed by atoms with E-state index in [-0.39, 0.29) is 0 Å². The second kappa shape index (κ2) is 8.11. The Morgan fingerprint density at radius 1 is 1.14 bits per heavy atom. The van der Waals surface area contributed by atoms with Gasteiger partial charge in [-0.1, -0.05) is 32.6 Å². The molecule has 0 radical (unpaired) electrons. The van der Waals surface area contributed by atoms with Crippen LogP contribution in [0.3, 0.4) is 0 Å². The van der Waals surface area contributed by atoms with Gasteiger partial charge in [-0.15, -0.1) is 0 Å². The molecule has 4 nitrogen and oxygen atoms in total. The minimum Gasteiger partial charge on any atom is -0.308 e. The van der Waals surface area contributed by atoms with Crippen LogP contribution in [-0.2, 0) is 19.6 Å². The van der Waals surface area contributed by atoms with Crippen LogP contribution in [0.15, 0.2) is 6.07 Å². The Morgan fingerprint density at radius 2 is 1.95 bits per heavy atom. The van der Waals surface area contributed by atoms with Gasteiger partial charge in [0.25, 0.3) is 0 Å². The average molecular weight is 304 g/mol. The molecule has 3 rings (SSSR count). The van der Waals surface area contributed by atoms with Crippen LogP contribution in [0.5, 0.6) is 0 Å². The monoisotopic (exact) mass is 304 g/mol. The van der Waals surface area contributed by atoms with Gasteiger partial charge in [-0.25, -0.2) is 0 Å². The third-order valence-corrected chi connectivity index (χ3v) is 5.11. The third-order valence-electron chi connectivity index (χ3n) is 5.11. The number of fused-ring (bicyclic) bond motifs is 1. The van der Waals surface area contributed by atoms with E-state index >= 15 is 0 Å². The summed E-state index contributed by atoms with van der Waals surface area (Å²) >= 11 is 0. The first kappa shape index (κ1) is 16.0. The fourth-order valence-electron chi connectivity index (χ4n) is 3.91. The molecule has 0 atom stereocenters. The third kappa shape index (κ3) is 4.32. The summed E-state index contributed by atoms with van der Waals surface area (Å²) in [5.41, 5.74) is 2.64. The number of nitrogens with zero attached hydrogens (tertiary/aromatic N) is 3.